The van der Waals surface area contributed by atoms with E-state index in [-0.39, 0.29) is 11.1 Å². The van der Waals surface area contributed by atoms with Crippen LogP contribution in [0.3, 0.4) is 0 Å². The van der Waals surface area contributed by atoms with E-state index in [9.17, 15) is 14.7 Å². The number of carboxylic acids is 1. The van der Waals surface area contributed by atoms with E-state index in [2.05, 4.69) is 15.5 Å². The van der Waals surface area contributed by atoms with E-state index in [4.69, 9.17) is 0 Å². The number of hydrogen-bond acceptors (Lipinski definition) is 5. The molecule has 0 bridgehead atoms. The number of nitrogens with one attached hydrogen (secondary N) is 1. The highest BCUT2D eigenvalue weighted by molar-refractivity contribution is 7.15. The third kappa shape index (κ3) is 3.08. The molecule has 0 saturated heterocycles. The molecular weight excluding hydrogens is 290 g/mol. The number of rotatable bonds is 4. The largest absolute Gasteiger partial charge is 0.478 e. The predicted molar refractivity (Wildman–Crippen MR) is 80.1 cm³/mol. The zero-order valence-corrected chi connectivity index (χ0v) is 12.7. The van der Waals surface area contributed by atoms with Crippen molar-refractivity contribution in [3.63, 3.8) is 0 Å². The van der Waals surface area contributed by atoms with Crippen molar-refractivity contribution in [2.75, 3.05) is 5.32 Å². The van der Waals surface area contributed by atoms with Crippen LogP contribution < -0.4 is 5.32 Å². The van der Waals surface area contributed by atoms with Gasteiger partial charge in [0.1, 0.15) is 5.01 Å². The Hall–Kier alpha value is -2.28. The lowest BCUT2D eigenvalue weighted by molar-refractivity contribution is 0.0691. The van der Waals surface area contributed by atoms with Crippen molar-refractivity contribution in [3.8, 4) is 0 Å². The minimum absolute atomic E-state index is 0.0210. The lowest BCUT2D eigenvalue weighted by Crippen LogP contribution is -2.19. The molecule has 0 aliphatic carbocycles. The molecule has 6 nitrogen and oxygen atoms in total. The molecule has 21 heavy (non-hydrogen) atoms. The summed E-state index contributed by atoms with van der Waals surface area (Å²) in [7, 11) is 0. The number of amides is 1. The van der Waals surface area contributed by atoms with Crippen LogP contribution in [0, 0.1) is 13.8 Å². The highest BCUT2D eigenvalue weighted by Crippen LogP contribution is 2.22. The summed E-state index contributed by atoms with van der Waals surface area (Å²) < 4.78 is 0. The smallest absolute Gasteiger partial charge is 0.336 e. The van der Waals surface area contributed by atoms with Crippen molar-refractivity contribution in [1.29, 1.82) is 0 Å². The minimum atomic E-state index is -1.12. The van der Waals surface area contributed by atoms with Crippen molar-refractivity contribution in [2.24, 2.45) is 0 Å². The lowest BCUT2D eigenvalue weighted by Gasteiger charge is -2.11. The van der Waals surface area contributed by atoms with E-state index in [1.165, 1.54) is 11.3 Å². The molecule has 2 N–H and O–H groups in total. The molecule has 7 heteroatoms. The molecule has 0 aliphatic heterocycles. The van der Waals surface area contributed by atoms with E-state index in [0.29, 0.717) is 16.3 Å². The summed E-state index contributed by atoms with van der Waals surface area (Å²) in [5.41, 5.74) is 1.34. The van der Waals surface area contributed by atoms with Gasteiger partial charge >= 0.3 is 5.97 Å². The van der Waals surface area contributed by atoms with Crippen LogP contribution in [0.5, 0.6) is 0 Å². The van der Waals surface area contributed by atoms with Crippen LogP contribution in [0.15, 0.2) is 12.1 Å². The molecule has 1 heterocycles. The van der Waals surface area contributed by atoms with Crippen LogP contribution in [-0.4, -0.2) is 27.2 Å². The SMILES string of the molecule is CCc1nnc(NC(=O)c2c(C)ccc(C)c2C(=O)O)s1. The molecule has 0 aliphatic rings. The van der Waals surface area contributed by atoms with Crippen molar-refractivity contribution >= 4 is 28.3 Å². The van der Waals surface area contributed by atoms with Crippen LogP contribution in [-0.2, 0) is 6.42 Å². The first-order valence-electron chi connectivity index (χ1n) is 6.41. The number of aryl methyl sites for hydroxylation is 3. The van der Waals surface area contributed by atoms with Gasteiger partial charge in [-0.3, -0.25) is 10.1 Å². The zero-order chi connectivity index (χ0) is 15.6. The monoisotopic (exact) mass is 305 g/mol. The standard InChI is InChI=1S/C14H15N3O3S/c1-4-9-16-17-14(21-9)15-12(18)10-7(2)5-6-8(3)11(10)13(19)20/h5-6H,4H2,1-3H3,(H,19,20)(H,15,17,18). The van der Waals surface area contributed by atoms with E-state index in [1.807, 2.05) is 6.92 Å². The fraction of sp³-hybridized carbons (Fsp3) is 0.286. The number of carbonyl (C=O) groups is 2. The molecule has 1 amide bonds. The molecule has 0 saturated carbocycles. The van der Waals surface area contributed by atoms with Crippen LogP contribution in [0.25, 0.3) is 0 Å². The number of hydrogen-bond donors (Lipinski definition) is 2. The van der Waals surface area contributed by atoms with E-state index in [0.717, 1.165) is 11.4 Å². The fourth-order valence-electron chi connectivity index (χ4n) is 1.99. The first-order chi connectivity index (χ1) is 9.93. The molecule has 1 aromatic heterocycles. The highest BCUT2D eigenvalue weighted by atomic mass is 32.1. The van der Waals surface area contributed by atoms with Gasteiger partial charge in [-0.25, -0.2) is 4.79 Å². The molecule has 2 rings (SSSR count). The topological polar surface area (TPSA) is 92.2 Å². The Balaban J connectivity index is 2.39. The average Bonchev–Trinajstić information content (AvgIpc) is 2.88. The lowest BCUT2D eigenvalue weighted by atomic mass is 9.96. The van der Waals surface area contributed by atoms with Crippen molar-refractivity contribution < 1.29 is 14.7 Å². The van der Waals surface area contributed by atoms with E-state index >= 15 is 0 Å². The van der Waals surface area contributed by atoms with Gasteiger partial charge in [-0.05, 0) is 31.4 Å². The number of aromatic carboxylic acids is 1. The Morgan fingerprint density at radius 3 is 2.33 bits per heavy atom. The second-order valence-corrected chi connectivity index (χ2v) is 5.63. The average molecular weight is 305 g/mol. The summed E-state index contributed by atoms with van der Waals surface area (Å²) in [6, 6.07) is 3.42. The zero-order valence-electron chi connectivity index (χ0n) is 11.9. The maximum atomic E-state index is 12.4. The third-order valence-corrected chi connectivity index (χ3v) is 4.04. The molecule has 1 aromatic carbocycles. The molecule has 0 fully saturated rings. The van der Waals surface area contributed by atoms with Crippen LogP contribution in [0.4, 0.5) is 5.13 Å². The summed E-state index contributed by atoms with van der Waals surface area (Å²) in [5, 5.41) is 20.9. The van der Waals surface area contributed by atoms with Crippen LogP contribution >= 0.6 is 11.3 Å². The third-order valence-electron chi connectivity index (χ3n) is 3.05. The number of benzene rings is 1. The Bertz CT molecular complexity index is 709. The normalized spacial score (nSPS) is 10.4. The Kier molecular flexibility index (Phi) is 4.32. The number of carboxylic acid groups (broad SMARTS) is 1. The van der Waals surface area contributed by atoms with Gasteiger partial charge in [0, 0.05) is 0 Å². The summed E-state index contributed by atoms with van der Waals surface area (Å²) in [6.45, 7) is 5.32. The van der Waals surface area contributed by atoms with Gasteiger partial charge in [0.2, 0.25) is 5.13 Å². The maximum Gasteiger partial charge on any atom is 0.336 e. The second-order valence-electron chi connectivity index (χ2n) is 4.56. The van der Waals surface area contributed by atoms with Crippen molar-refractivity contribution in [2.45, 2.75) is 27.2 Å². The minimum Gasteiger partial charge on any atom is -0.478 e. The Labute approximate surface area is 125 Å². The van der Waals surface area contributed by atoms with Gasteiger partial charge in [0.15, 0.2) is 0 Å². The number of anilines is 1. The summed E-state index contributed by atoms with van der Waals surface area (Å²) in [6.07, 6.45) is 0.734. The van der Waals surface area contributed by atoms with E-state index < -0.39 is 11.9 Å². The predicted octanol–water partition coefficient (Wildman–Crippen LogP) is 2.67. The molecule has 0 spiro atoms. The first kappa shape index (κ1) is 15.1. The Morgan fingerprint density at radius 1 is 1.19 bits per heavy atom. The van der Waals surface area contributed by atoms with Crippen molar-refractivity contribution in [3.05, 3.63) is 39.4 Å². The van der Waals surface area contributed by atoms with Gasteiger partial charge < -0.3 is 5.11 Å². The molecular formula is C14H15N3O3S. The first-order valence-corrected chi connectivity index (χ1v) is 7.23. The number of aromatic nitrogens is 2. The van der Waals surface area contributed by atoms with Gasteiger partial charge in [0.05, 0.1) is 11.1 Å². The quantitative estimate of drug-likeness (QED) is 0.906. The van der Waals surface area contributed by atoms with Gasteiger partial charge in [-0.2, -0.15) is 0 Å². The Morgan fingerprint density at radius 2 is 1.81 bits per heavy atom. The van der Waals surface area contributed by atoms with E-state index in [1.54, 1.807) is 26.0 Å². The van der Waals surface area contributed by atoms with Gasteiger partial charge in [-0.15, -0.1) is 10.2 Å². The van der Waals surface area contributed by atoms with Crippen molar-refractivity contribution in [1.82, 2.24) is 10.2 Å². The highest BCUT2D eigenvalue weighted by Gasteiger charge is 2.22. The molecule has 0 atom stereocenters. The summed E-state index contributed by atoms with van der Waals surface area (Å²) >= 11 is 1.28. The van der Waals surface area contributed by atoms with Crippen LogP contribution in [0.2, 0.25) is 0 Å². The fourth-order valence-corrected chi connectivity index (χ4v) is 2.66. The molecule has 0 unspecified atom stereocenters. The molecule has 110 valence electrons. The van der Waals surface area contributed by atoms with Gasteiger partial charge in [0.25, 0.3) is 5.91 Å². The number of nitrogens with zero attached hydrogens (tertiary/aromatic N) is 2. The summed E-state index contributed by atoms with van der Waals surface area (Å²) in [5.74, 6) is -1.60. The maximum absolute atomic E-state index is 12.4. The second kappa shape index (κ2) is 6.01. The molecule has 0 radical (unpaired) electrons. The van der Waals surface area contributed by atoms with Gasteiger partial charge in [-0.1, -0.05) is 30.4 Å². The number of carbonyl (C=O) groups excluding carboxylic acids is 1. The summed E-state index contributed by atoms with van der Waals surface area (Å²) in [4.78, 5) is 23.8. The molecule has 2 aromatic rings. The van der Waals surface area contributed by atoms with Crippen LogP contribution in [0.1, 0.15) is 43.8 Å².